The van der Waals surface area contributed by atoms with Crippen LogP contribution in [-0.4, -0.2) is 25.6 Å². The molecule has 72 valence electrons. The molecule has 0 fully saturated rings. The Bertz CT molecular complexity index is 167. The topological polar surface area (TPSA) is 30.8 Å². The second-order valence-electron chi connectivity index (χ2n) is 1.99. The summed E-state index contributed by atoms with van der Waals surface area (Å²) in [7, 11) is 1.41. The highest BCUT2D eigenvalue weighted by Crippen LogP contribution is 2.19. The summed E-state index contributed by atoms with van der Waals surface area (Å²) in [5.41, 5.74) is 0. The molecule has 12 heavy (non-hydrogen) atoms. The van der Waals surface area contributed by atoms with Crippen molar-refractivity contribution in [1.82, 2.24) is 0 Å². The lowest BCUT2D eigenvalue weighted by Crippen LogP contribution is -2.25. The molecule has 0 spiro atoms. The lowest BCUT2D eigenvalue weighted by molar-refractivity contribution is -0.365. The van der Waals surface area contributed by atoms with E-state index in [1.807, 2.05) is 0 Å². The summed E-state index contributed by atoms with van der Waals surface area (Å²) in [5.74, 6) is 0.145. The van der Waals surface area contributed by atoms with Crippen LogP contribution >= 0.6 is 0 Å². The highest BCUT2D eigenvalue weighted by Gasteiger charge is 2.32. The van der Waals surface area contributed by atoms with Crippen molar-refractivity contribution in [2.75, 3.05) is 7.05 Å². The molecule has 3 nitrogen and oxygen atoms in total. The highest BCUT2D eigenvalue weighted by atomic mass is 19.4. The number of alkyl halides is 3. The Morgan fingerprint density at radius 3 is 2.25 bits per heavy atom. The molecule has 0 aromatic carbocycles. The first-order valence-electron chi connectivity index (χ1n) is 3.19. The maximum atomic E-state index is 11.5. The predicted molar refractivity (Wildman–Crippen MR) is 36.7 cm³/mol. The smallest absolute Gasteiger partial charge is 0.452 e. The van der Waals surface area contributed by atoms with Crippen LogP contribution in [0.4, 0.5) is 13.2 Å². The van der Waals surface area contributed by atoms with Gasteiger partial charge in [0.05, 0.1) is 0 Å². The summed E-state index contributed by atoms with van der Waals surface area (Å²) in [6.45, 7) is 2.58. The maximum Gasteiger partial charge on any atom is 0.525 e. The molecule has 0 aromatic rings. The van der Waals surface area contributed by atoms with Gasteiger partial charge < -0.3 is 4.74 Å². The van der Waals surface area contributed by atoms with Gasteiger partial charge >= 0.3 is 6.36 Å². The Labute approximate surface area is 68.2 Å². The van der Waals surface area contributed by atoms with Crippen LogP contribution < -0.4 is 0 Å². The van der Waals surface area contributed by atoms with Crippen LogP contribution in [0.3, 0.4) is 0 Å². The van der Waals surface area contributed by atoms with Crippen LogP contribution in [0.1, 0.15) is 13.8 Å². The van der Waals surface area contributed by atoms with Crippen LogP contribution in [0.25, 0.3) is 0 Å². The average Bonchev–Trinajstić information content (AvgIpc) is 1.82. The van der Waals surface area contributed by atoms with Gasteiger partial charge in [-0.1, -0.05) is 0 Å². The summed E-state index contributed by atoms with van der Waals surface area (Å²) in [5, 5.41) is 0. The van der Waals surface area contributed by atoms with Crippen molar-refractivity contribution in [3.8, 4) is 0 Å². The third-order valence-electron chi connectivity index (χ3n) is 0.951. The first-order chi connectivity index (χ1) is 5.35. The van der Waals surface area contributed by atoms with Gasteiger partial charge in [-0.2, -0.15) is 0 Å². The molecule has 0 amide bonds. The lowest BCUT2D eigenvalue weighted by atomic mass is 10.7. The van der Waals surface area contributed by atoms with E-state index in [0.29, 0.717) is 0 Å². The molecule has 1 unspecified atom stereocenters. The fourth-order valence-corrected chi connectivity index (χ4v) is 0.505. The predicted octanol–water partition coefficient (Wildman–Crippen LogP) is 1.93. The quantitative estimate of drug-likeness (QED) is 0.374. The van der Waals surface area contributed by atoms with E-state index in [9.17, 15) is 13.2 Å². The molecule has 0 aliphatic carbocycles. The van der Waals surface area contributed by atoms with Gasteiger partial charge in [-0.15, -0.1) is 13.2 Å². The Kier molecular flexibility index (Phi) is 4.02. The Balaban J connectivity index is 3.82. The number of aliphatic imine (C=N–C) groups is 1. The Morgan fingerprint density at radius 1 is 1.42 bits per heavy atom. The number of ether oxygens (including phenoxy) is 2. The number of nitrogens with zero attached hydrogens (tertiary/aromatic N) is 1. The van der Waals surface area contributed by atoms with E-state index in [1.54, 1.807) is 0 Å². The van der Waals surface area contributed by atoms with Gasteiger partial charge in [0.2, 0.25) is 6.29 Å². The SMILES string of the molecule is C/N=C(/C)OC(C)OC(F)(F)F. The van der Waals surface area contributed by atoms with Crippen molar-refractivity contribution in [2.24, 2.45) is 4.99 Å². The van der Waals surface area contributed by atoms with Crippen LogP contribution in [0.15, 0.2) is 4.99 Å². The molecular formula is C6H10F3NO2. The van der Waals surface area contributed by atoms with Crippen LogP contribution in [0.2, 0.25) is 0 Å². The van der Waals surface area contributed by atoms with Gasteiger partial charge in [-0.25, -0.2) is 0 Å². The van der Waals surface area contributed by atoms with Gasteiger partial charge in [-0.3, -0.25) is 9.73 Å². The molecule has 0 radical (unpaired) electrons. The summed E-state index contributed by atoms with van der Waals surface area (Å²) in [4.78, 5) is 3.51. The molecular weight excluding hydrogens is 175 g/mol. The third kappa shape index (κ3) is 5.96. The molecule has 0 rings (SSSR count). The van der Waals surface area contributed by atoms with Crippen LogP contribution in [0.5, 0.6) is 0 Å². The summed E-state index contributed by atoms with van der Waals surface area (Å²) >= 11 is 0. The molecule has 0 bridgehead atoms. The van der Waals surface area contributed by atoms with Gasteiger partial charge in [0.25, 0.3) is 0 Å². The summed E-state index contributed by atoms with van der Waals surface area (Å²) in [6, 6.07) is 0. The monoisotopic (exact) mass is 185 g/mol. The van der Waals surface area contributed by atoms with Gasteiger partial charge in [0.15, 0.2) is 5.90 Å². The van der Waals surface area contributed by atoms with Crippen molar-refractivity contribution in [3.63, 3.8) is 0 Å². The molecule has 0 aromatic heterocycles. The first kappa shape index (κ1) is 11.2. The number of hydrogen-bond acceptors (Lipinski definition) is 3. The van der Waals surface area contributed by atoms with E-state index >= 15 is 0 Å². The van der Waals surface area contributed by atoms with E-state index in [0.717, 1.165) is 6.92 Å². The zero-order chi connectivity index (χ0) is 9.78. The molecule has 0 saturated heterocycles. The average molecular weight is 185 g/mol. The van der Waals surface area contributed by atoms with Crippen LogP contribution in [0, 0.1) is 0 Å². The first-order valence-corrected chi connectivity index (χ1v) is 3.19. The minimum absolute atomic E-state index is 0.145. The number of halogens is 3. The van der Waals surface area contributed by atoms with Gasteiger partial charge in [0, 0.05) is 14.0 Å². The number of rotatable bonds is 2. The summed E-state index contributed by atoms with van der Waals surface area (Å²) < 4.78 is 42.6. The molecule has 6 heteroatoms. The third-order valence-corrected chi connectivity index (χ3v) is 0.951. The minimum atomic E-state index is -4.67. The van der Waals surface area contributed by atoms with E-state index in [4.69, 9.17) is 0 Å². The molecule has 0 N–H and O–H groups in total. The fraction of sp³-hybridized carbons (Fsp3) is 0.833. The summed E-state index contributed by atoms with van der Waals surface area (Å²) in [6.07, 6.45) is -6.04. The largest absolute Gasteiger partial charge is 0.525 e. The Morgan fingerprint density at radius 2 is 1.92 bits per heavy atom. The molecule has 0 aliphatic rings. The van der Waals surface area contributed by atoms with Crippen molar-refractivity contribution in [2.45, 2.75) is 26.5 Å². The zero-order valence-corrected chi connectivity index (χ0v) is 6.97. The van der Waals surface area contributed by atoms with E-state index < -0.39 is 12.7 Å². The van der Waals surface area contributed by atoms with E-state index in [2.05, 4.69) is 14.5 Å². The maximum absolute atomic E-state index is 11.5. The molecule has 1 atom stereocenters. The van der Waals surface area contributed by atoms with Crippen molar-refractivity contribution >= 4 is 5.90 Å². The standard InChI is InChI=1S/C6H10F3NO2/c1-4(10-3)11-5(2)12-6(7,8)9/h5H,1-3H3/b10-4-. The molecule has 0 aliphatic heterocycles. The van der Waals surface area contributed by atoms with Crippen molar-refractivity contribution in [3.05, 3.63) is 0 Å². The Hall–Kier alpha value is -0.780. The van der Waals surface area contributed by atoms with Crippen LogP contribution in [-0.2, 0) is 9.47 Å². The van der Waals surface area contributed by atoms with Crippen molar-refractivity contribution in [1.29, 1.82) is 0 Å². The molecule has 0 saturated carbocycles. The van der Waals surface area contributed by atoms with E-state index in [1.165, 1.54) is 14.0 Å². The normalized spacial score (nSPS) is 16.0. The fourth-order valence-electron chi connectivity index (χ4n) is 0.505. The second kappa shape index (κ2) is 4.30. The van der Waals surface area contributed by atoms with Crippen molar-refractivity contribution < 1.29 is 22.6 Å². The van der Waals surface area contributed by atoms with E-state index in [-0.39, 0.29) is 5.90 Å². The second-order valence-corrected chi connectivity index (χ2v) is 1.99. The van der Waals surface area contributed by atoms with Gasteiger partial charge in [0.1, 0.15) is 0 Å². The minimum Gasteiger partial charge on any atom is -0.452 e. The lowest BCUT2D eigenvalue weighted by Gasteiger charge is -2.15. The highest BCUT2D eigenvalue weighted by molar-refractivity contribution is 5.72. The number of hydrogen-bond donors (Lipinski definition) is 0. The molecule has 0 heterocycles. The zero-order valence-electron chi connectivity index (χ0n) is 6.97. The van der Waals surface area contributed by atoms with Gasteiger partial charge in [-0.05, 0) is 6.92 Å².